The van der Waals surface area contributed by atoms with Crippen LogP contribution < -0.4 is 4.74 Å². The summed E-state index contributed by atoms with van der Waals surface area (Å²) in [5, 5.41) is 9.68. The van der Waals surface area contributed by atoms with Crippen LogP contribution in [0.3, 0.4) is 0 Å². The summed E-state index contributed by atoms with van der Waals surface area (Å²) in [7, 11) is 1.51. The third-order valence-corrected chi connectivity index (χ3v) is 17.5. The van der Waals surface area contributed by atoms with E-state index in [4.69, 9.17) is 7.81 Å². The maximum absolute atomic E-state index is 12.6. The molecule has 0 radical (unpaired) electrons. The van der Waals surface area contributed by atoms with Crippen LogP contribution in [0.5, 0.6) is 11.5 Å². The number of hydrogen-bond donors (Lipinski definition) is 1. The van der Waals surface area contributed by atoms with Gasteiger partial charge in [0.25, 0.3) is 0 Å². The molecule has 0 fully saturated rings. The summed E-state index contributed by atoms with van der Waals surface area (Å²) in [4.78, 5) is 12.6. The molecule has 1 aromatic carbocycles. The summed E-state index contributed by atoms with van der Waals surface area (Å²) in [6, 6.07) is 5.03. The third kappa shape index (κ3) is 8.58. The van der Waals surface area contributed by atoms with Crippen molar-refractivity contribution in [3.63, 3.8) is 0 Å². The van der Waals surface area contributed by atoms with Crippen LogP contribution >= 0.6 is 0 Å². The van der Waals surface area contributed by atoms with Crippen molar-refractivity contribution < 1.29 is 17.7 Å². The van der Waals surface area contributed by atoms with Crippen LogP contribution in [0.2, 0.25) is 13.3 Å². The molecule has 1 rings (SSSR count). The molecule has 0 aromatic heterocycles. The van der Waals surface area contributed by atoms with E-state index in [0.717, 1.165) is 57.4 Å². The predicted molar refractivity (Wildman–Crippen MR) is 115 cm³/mol. The molecular formula is C22H36O4Sn. The molecular weight excluding hydrogens is 447 g/mol. The summed E-state index contributed by atoms with van der Waals surface area (Å²) in [5.74, 6) is 0.278. The van der Waals surface area contributed by atoms with E-state index < -0.39 is 18.8 Å². The van der Waals surface area contributed by atoms with Gasteiger partial charge in [-0.25, -0.2) is 0 Å². The van der Waals surface area contributed by atoms with Crippen LogP contribution in [0.25, 0.3) is 6.08 Å². The SMILES string of the molecule is CCC[CH2][Sn]([CH2]CCC)([CH2]CCC)[O]C(=O)/C=C/c1ccc(O)c(OC)c1. The molecule has 0 bridgehead atoms. The van der Waals surface area contributed by atoms with Crippen molar-refractivity contribution in [2.75, 3.05) is 7.11 Å². The van der Waals surface area contributed by atoms with Crippen molar-refractivity contribution in [3.8, 4) is 11.5 Å². The standard InChI is InChI=1S/C10H10O4.3C4H9.Sn/c1-14-9-6-7(2-4-8(9)11)3-5-10(12)13;3*1-3-4-2;/h2-6,11H,1H3,(H,12,13);3*1,3-4H2,2H3;/q;;;;+1/p-1/b5-3+;;;;. The zero-order valence-electron chi connectivity index (χ0n) is 17.4. The first-order chi connectivity index (χ1) is 13.0. The van der Waals surface area contributed by atoms with Crippen LogP contribution in [0.15, 0.2) is 24.3 Å². The van der Waals surface area contributed by atoms with E-state index in [1.807, 2.05) is 0 Å². The monoisotopic (exact) mass is 484 g/mol. The molecule has 0 aliphatic heterocycles. The summed E-state index contributed by atoms with van der Waals surface area (Å²) >= 11 is -2.92. The zero-order valence-corrected chi connectivity index (χ0v) is 20.3. The van der Waals surface area contributed by atoms with E-state index in [0.29, 0.717) is 5.75 Å². The molecule has 27 heavy (non-hydrogen) atoms. The number of unbranched alkanes of at least 4 members (excludes halogenated alkanes) is 3. The predicted octanol–water partition coefficient (Wildman–Crippen LogP) is 6.30. The Labute approximate surface area is 169 Å². The van der Waals surface area contributed by atoms with Gasteiger partial charge in [-0.2, -0.15) is 0 Å². The van der Waals surface area contributed by atoms with Gasteiger partial charge in [-0.1, -0.05) is 0 Å². The fourth-order valence-corrected chi connectivity index (χ4v) is 16.2. The molecule has 1 aromatic rings. The second-order valence-corrected chi connectivity index (χ2v) is 18.8. The summed E-state index contributed by atoms with van der Waals surface area (Å²) in [5.41, 5.74) is 0.804. The van der Waals surface area contributed by atoms with Gasteiger partial charge in [0.05, 0.1) is 0 Å². The maximum atomic E-state index is 12.6. The molecule has 0 aliphatic carbocycles. The Morgan fingerprint density at radius 2 is 1.59 bits per heavy atom. The summed E-state index contributed by atoms with van der Waals surface area (Å²) < 4.78 is 14.8. The average molecular weight is 483 g/mol. The van der Waals surface area contributed by atoms with Crippen molar-refractivity contribution >= 4 is 30.8 Å². The minimum absolute atomic E-state index is 0.0890. The number of phenolic OH excluding ortho intramolecular Hbond substituents is 1. The van der Waals surface area contributed by atoms with Gasteiger partial charge in [0, 0.05) is 0 Å². The normalized spacial score (nSPS) is 11.7. The van der Waals surface area contributed by atoms with Crippen molar-refractivity contribution in [3.05, 3.63) is 29.8 Å². The van der Waals surface area contributed by atoms with Gasteiger partial charge in [0.2, 0.25) is 0 Å². The first-order valence-corrected chi connectivity index (χ1v) is 17.5. The Morgan fingerprint density at radius 3 is 2.07 bits per heavy atom. The molecule has 4 nitrogen and oxygen atoms in total. The fourth-order valence-electron chi connectivity index (χ4n) is 3.23. The van der Waals surface area contributed by atoms with Gasteiger partial charge >= 0.3 is 170 Å². The second-order valence-electron chi connectivity index (χ2n) is 7.18. The molecule has 0 amide bonds. The molecule has 1 N–H and O–H groups in total. The van der Waals surface area contributed by atoms with Crippen molar-refractivity contribution in [2.45, 2.75) is 72.6 Å². The van der Waals surface area contributed by atoms with Gasteiger partial charge in [-0.05, 0) is 0 Å². The quantitative estimate of drug-likeness (QED) is 0.264. The number of carbonyl (C=O) groups excluding carboxylic acids is 1. The Balaban J connectivity index is 2.89. The van der Waals surface area contributed by atoms with Gasteiger partial charge in [-0.3, -0.25) is 0 Å². The Kier molecular flexibility index (Phi) is 11.6. The summed E-state index contributed by atoms with van der Waals surface area (Å²) in [6.45, 7) is 6.61. The molecule has 0 heterocycles. The van der Waals surface area contributed by atoms with Crippen molar-refractivity contribution in [2.24, 2.45) is 0 Å². The minimum atomic E-state index is -2.92. The van der Waals surface area contributed by atoms with Crippen LogP contribution in [-0.4, -0.2) is 37.0 Å². The van der Waals surface area contributed by atoms with Crippen LogP contribution in [0, 0.1) is 0 Å². The van der Waals surface area contributed by atoms with Crippen LogP contribution in [-0.2, 0) is 7.87 Å². The number of rotatable bonds is 13. The van der Waals surface area contributed by atoms with E-state index in [9.17, 15) is 9.90 Å². The molecule has 0 saturated carbocycles. The number of methoxy groups -OCH3 is 1. The molecule has 0 aliphatic rings. The summed E-state index contributed by atoms with van der Waals surface area (Å²) in [6.07, 6.45) is 10.2. The zero-order chi connectivity index (χ0) is 20.1. The first kappa shape index (κ1) is 23.9. The van der Waals surface area contributed by atoms with E-state index in [1.54, 1.807) is 24.3 Å². The molecule has 0 spiro atoms. The third-order valence-electron chi connectivity index (χ3n) is 4.89. The number of phenols is 1. The van der Waals surface area contributed by atoms with Crippen molar-refractivity contribution in [1.29, 1.82) is 0 Å². The number of hydrogen-bond acceptors (Lipinski definition) is 4. The van der Waals surface area contributed by atoms with E-state index in [1.165, 1.54) is 13.2 Å². The first-order valence-electron chi connectivity index (χ1n) is 10.3. The van der Waals surface area contributed by atoms with Crippen LogP contribution in [0.1, 0.15) is 64.9 Å². The van der Waals surface area contributed by atoms with Gasteiger partial charge in [0.1, 0.15) is 0 Å². The van der Waals surface area contributed by atoms with E-state index >= 15 is 0 Å². The van der Waals surface area contributed by atoms with Crippen molar-refractivity contribution in [1.82, 2.24) is 0 Å². The molecule has 0 unspecified atom stereocenters. The van der Waals surface area contributed by atoms with Gasteiger partial charge in [-0.15, -0.1) is 0 Å². The Morgan fingerprint density at radius 1 is 1.04 bits per heavy atom. The number of carbonyl (C=O) groups is 1. The molecule has 0 atom stereocenters. The topological polar surface area (TPSA) is 55.8 Å². The van der Waals surface area contributed by atoms with E-state index in [-0.39, 0.29) is 11.7 Å². The van der Waals surface area contributed by atoms with Crippen LogP contribution in [0.4, 0.5) is 0 Å². The van der Waals surface area contributed by atoms with E-state index in [2.05, 4.69) is 20.8 Å². The Hall–Kier alpha value is -1.17. The second kappa shape index (κ2) is 13.1. The molecule has 5 heteroatoms. The van der Waals surface area contributed by atoms with Gasteiger partial charge in [0.15, 0.2) is 0 Å². The number of aromatic hydroxyl groups is 1. The Bertz CT molecular complexity index is 576. The van der Waals surface area contributed by atoms with Gasteiger partial charge < -0.3 is 0 Å². The number of ether oxygens (including phenoxy) is 1. The fraction of sp³-hybridized carbons (Fsp3) is 0.591. The average Bonchev–Trinajstić information content (AvgIpc) is 2.68. The molecule has 152 valence electrons. The molecule has 0 saturated heterocycles. The number of benzene rings is 1.